The summed E-state index contributed by atoms with van der Waals surface area (Å²) in [6.07, 6.45) is 2.70. The van der Waals surface area contributed by atoms with E-state index in [1.54, 1.807) is 10.9 Å². The maximum atomic E-state index is 10.7. The van der Waals surface area contributed by atoms with Crippen LogP contribution in [0.25, 0.3) is 0 Å². The summed E-state index contributed by atoms with van der Waals surface area (Å²) in [6, 6.07) is 0. The number of aromatic nitrogens is 3. The average molecular weight is 211 g/mol. The molecule has 0 spiro atoms. The van der Waals surface area contributed by atoms with E-state index in [1.807, 2.05) is 13.8 Å². The molecule has 0 aliphatic rings. The Kier molecular flexibility index (Phi) is 3.44. The first kappa shape index (κ1) is 11.7. The van der Waals surface area contributed by atoms with Gasteiger partial charge in [-0.2, -0.15) is 0 Å². The first-order valence-electron chi connectivity index (χ1n) is 5.08. The van der Waals surface area contributed by atoms with Crippen molar-refractivity contribution in [1.29, 1.82) is 0 Å². The molecule has 84 valence electrons. The SMILES string of the molecule is CCCn1nncc1C(C)(C)CC(=O)O. The molecule has 0 bridgehead atoms. The van der Waals surface area contributed by atoms with Crippen LogP contribution in [0.4, 0.5) is 0 Å². The minimum Gasteiger partial charge on any atom is -0.481 e. The number of carboxylic acids is 1. The fourth-order valence-electron chi connectivity index (χ4n) is 1.63. The Balaban J connectivity index is 2.92. The normalized spacial score (nSPS) is 11.7. The molecule has 1 heterocycles. The first-order chi connectivity index (χ1) is 6.97. The zero-order chi connectivity index (χ0) is 11.5. The predicted molar refractivity (Wildman–Crippen MR) is 55.6 cm³/mol. The van der Waals surface area contributed by atoms with E-state index < -0.39 is 11.4 Å². The van der Waals surface area contributed by atoms with Crippen molar-refractivity contribution in [1.82, 2.24) is 15.0 Å². The average Bonchev–Trinajstić information content (AvgIpc) is 2.51. The quantitative estimate of drug-likeness (QED) is 0.800. The second kappa shape index (κ2) is 4.42. The molecular weight excluding hydrogens is 194 g/mol. The number of carbonyl (C=O) groups is 1. The second-order valence-corrected chi connectivity index (χ2v) is 4.30. The van der Waals surface area contributed by atoms with Crippen molar-refractivity contribution >= 4 is 5.97 Å². The molecule has 0 fully saturated rings. The third-order valence-electron chi connectivity index (χ3n) is 2.34. The van der Waals surface area contributed by atoms with E-state index in [0.717, 1.165) is 18.7 Å². The van der Waals surface area contributed by atoms with Gasteiger partial charge in [0.2, 0.25) is 0 Å². The molecule has 0 saturated carbocycles. The van der Waals surface area contributed by atoms with Crippen LogP contribution in [0.15, 0.2) is 6.20 Å². The number of nitrogens with zero attached hydrogens (tertiary/aromatic N) is 3. The lowest BCUT2D eigenvalue weighted by Gasteiger charge is -2.22. The molecule has 0 radical (unpaired) electrons. The highest BCUT2D eigenvalue weighted by atomic mass is 16.4. The maximum Gasteiger partial charge on any atom is 0.304 e. The zero-order valence-corrected chi connectivity index (χ0v) is 9.40. The van der Waals surface area contributed by atoms with Crippen LogP contribution in [-0.2, 0) is 16.8 Å². The molecule has 0 atom stereocenters. The summed E-state index contributed by atoms with van der Waals surface area (Å²) in [5.41, 5.74) is 0.455. The third-order valence-corrected chi connectivity index (χ3v) is 2.34. The van der Waals surface area contributed by atoms with E-state index in [9.17, 15) is 4.79 Å². The zero-order valence-electron chi connectivity index (χ0n) is 9.40. The van der Waals surface area contributed by atoms with Crippen LogP contribution in [0.1, 0.15) is 39.3 Å². The van der Waals surface area contributed by atoms with Gasteiger partial charge in [0.15, 0.2) is 0 Å². The summed E-state index contributed by atoms with van der Waals surface area (Å²) in [7, 11) is 0. The van der Waals surface area contributed by atoms with Gasteiger partial charge in [-0.15, -0.1) is 5.10 Å². The van der Waals surface area contributed by atoms with E-state index in [-0.39, 0.29) is 6.42 Å². The summed E-state index contributed by atoms with van der Waals surface area (Å²) in [4.78, 5) is 10.7. The van der Waals surface area contributed by atoms with Gasteiger partial charge in [0.25, 0.3) is 0 Å². The van der Waals surface area contributed by atoms with E-state index in [0.29, 0.717) is 0 Å². The molecular formula is C10H17N3O2. The monoisotopic (exact) mass is 211 g/mol. The lowest BCUT2D eigenvalue weighted by Crippen LogP contribution is -2.25. The Bertz CT molecular complexity index is 344. The van der Waals surface area contributed by atoms with Crippen molar-refractivity contribution in [2.24, 2.45) is 0 Å². The Morgan fingerprint density at radius 1 is 1.60 bits per heavy atom. The minimum absolute atomic E-state index is 0.0874. The Labute approximate surface area is 89.1 Å². The summed E-state index contributed by atoms with van der Waals surface area (Å²) in [5, 5.41) is 16.6. The molecule has 1 N–H and O–H groups in total. The largest absolute Gasteiger partial charge is 0.481 e. The van der Waals surface area contributed by atoms with Gasteiger partial charge in [0.1, 0.15) is 0 Å². The summed E-state index contributed by atoms with van der Waals surface area (Å²) in [5.74, 6) is -0.802. The molecule has 0 aliphatic heterocycles. The molecule has 0 unspecified atom stereocenters. The Morgan fingerprint density at radius 3 is 2.80 bits per heavy atom. The maximum absolute atomic E-state index is 10.7. The van der Waals surface area contributed by atoms with E-state index >= 15 is 0 Å². The number of hydrogen-bond acceptors (Lipinski definition) is 3. The van der Waals surface area contributed by atoms with Crippen LogP contribution in [0.3, 0.4) is 0 Å². The Morgan fingerprint density at radius 2 is 2.27 bits per heavy atom. The fourth-order valence-corrected chi connectivity index (χ4v) is 1.63. The van der Waals surface area contributed by atoms with Gasteiger partial charge in [-0.05, 0) is 6.42 Å². The van der Waals surface area contributed by atoms with Crippen molar-refractivity contribution in [3.05, 3.63) is 11.9 Å². The number of carboxylic acid groups (broad SMARTS) is 1. The van der Waals surface area contributed by atoms with Crippen molar-refractivity contribution in [3.63, 3.8) is 0 Å². The van der Waals surface area contributed by atoms with Gasteiger partial charge in [-0.3, -0.25) is 4.79 Å². The smallest absolute Gasteiger partial charge is 0.304 e. The molecule has 5 nitrogen and oxygen atoms in total. The van der Waals surface area contributed by atoms with Gasteiger partial charge < -0.3 is 5.11 Å². The van der Waals surface area contributed by atoms with Crippen LogP contribution in [0.2, 0.25) is 0 Å². The highest BCUT2D eigenvalue weighted by Crippen LogP contribution is 2.26. The third kappa shape index (κ3) is 2.78. The molecule has 15 heavy (non-hydrogen) atoms. The minimum atomic E-state index is -0.802. The van der Waals surface area contributed by atoms with Gasteiger partial charge in [0.05, 0.1) is 18.3 Å². The van der Waals surface area contributed by atoms with Crippen LogP contribution in [0.5, 0.6) is 0 Å². The van der Waals surface area contributed by atoms with E-state index in [2.05, 4.69) is 17.2 Å². The summed E-state index contributed by atoms with van der Waals surface area (Å²) < 4.78 is 1.78. The van der Waals surface area contributed by atoms with Crippen LogP contribution >= 0.6 is 0 Å². The standard InChI is InChI=1S/C10H17N3O2/c1-4-5-13-8(7-11-12-13)10(2,3)6-9(14)15/h7H,4-6H2,1-3H3,(H,14,15). The summed E-state index contributed by atoms with van der Waals surface area (Å²) in [6.45, 7) is 6.62. The van der Waals surface area contributed by atoms with Crippen LogP contribution in [-0.4, -0.2) is 26.1 Å². The molecule has 1 rings (SSSR count). The Hall–Kier alpha value is -1.39. The van der Waals surface area contributed by atoms with Crippen molar-refractivity contribution < 1.29 is 9.90 Å². The van der Waals surface area contributed by atoms with Gasteiger partial charge >= 0.3 is 5.97 Å². The lowest BCUT2D eigenvalue weighted by molar-refractivity contribution is -0.138. The van der Waals surface area contributed by atoms with Gasteiger partial charge in [-0.25, -0.2) is 4.68 Å². The predicted octanol–water partition coefficient (Wildman–Crippen LogP) is 1.44. The molecule has 0 aromatic carbocycles. The fraction of sp³-hybridized carbons (Fsp3) is 0.700. The lowest BCUT2D eigenvalue weighted by atomic mass is 9.86. The topological polar surface area (TPSA) is 68.0 Å². The molecule has 1 aromatic heterocycles. The second-order valence-electron chi connectivity index (χ2n) is 4.30. The first-order valence-corrected chi connectivity index (χ1v) is 5.08. The molecule has 0 saturated heterocycles. The molecule has 1 aromatic rings. The highest BCUT2D eigenvalue weighted by Gasteiger charge is 2.28. The summed E-state index contributed by atoms with van der Waals surface area (Å²) >= 11 is 0. The molecule has 5 heteroatoms. The molecule has 0 aliphatic carbocycles. The highest BCUT2D eigenvalue weighted by molar-refractivity contribution is 5.68. The van der Waals surface area contributed by atoms with Crippen molar-refractivity contribution in [2.45, 2.75) is 45.6 Å². The van der Waals surface area contributed by atoms with Crippen LogP contribution in [0, 0.1) is 0 Å². The van der Waals surface area contributed by atoms with Crippen molar-refractivity contribution in [2.75, 3.05) is 0 Å². The number of aliphatic carboxylic acids is 1. The number of rotatable bonds is 5. The van der Waals surface area contributed by atoms with E-state index in [4.69, 9.17) is 5.11 Å². The van der Waals surface area contributed by atoms with Gasteiger partial charge in [-0.1, -0.05) is 26.0 Å². The number of hydrogen-bond donors (Lipinski definition) is 1. The molecule has 0 amide bonds. The van der Waals surface area contributed by atoms with Crippen LogP contribution < -0.4 is 0 Å². The number of aryl methyl sites for hydroxylation is 1. The van der Waals surface area contributed by atoms with Gasteiger partial charge in [0, 0.05) is 12.0 Å². The van der Waals surface area contributed by atoms with Crippen molar-refractivity contribution in [3.8, 4) is 0 Å². The van der Waals surface area contributed by atoms with E-state index in [1.165, 1.54) is 0 Å².